The molecule has 0 amide bonds. The maximum absolute atomic E-state index is 10.3. The zero-order valence-corrected chi connectivity index (χ0v) is 13.8. The number of aliphatic carboxylic acids is 1. The van der Waals surface area contributed by atoms with E-state index in [9.17, 15) is 14.4 Å². The molecule has 0 aliphatic rings. The molecule has 0 unspecified atom stereocenters. The van der Waals surface area contributed by atoms with E-state index in [4.69, 9.17) is 35.7 Å². The minimum absolute atomic E-state index is 0.0833. The molecule has 10 heteroatoms. The van der Waals surface area contributed by atoms with Gasteiger partial charge in [0, 0.05) is 6.08 Å². The standard InChI is InChI=1S/C8H6O4.C5H12O4.C3H4O2/c9-7(10)5-1-2-6(4-3-5)8(11)12;6-1-5(2-7,3-8)4-9;1-2-3(4)5/h1-4H,(H,9,10)(H,11,12);6-9H,1-4H2;2H,1H2,(H,4,5). The molecule has 0 bridgehead atoms. The molecule has 0 aliphatic carbocycles. The first-order chi connectivity index (χ1) is 12.1. The highest BCUT2D eigenvalue weighted by atomic mass is 16.4. The average molecular weight is 374 g/mol. The van der Waals surface area contributed by atoms with Crippen LogP contribution in [0.5, 0.6) is 0 Å². The third-order valence-corrected chi connectivity index (χ3v) is 2.90. The average Bonchev–Trinajstić information content (AvgIpc) is 2.65. The SMILES string of the molecule is C=CC(=O)O.O=C(O)c1ccc(C(=O)O)cc1.OCC(CO)(CO)CO. The predicted octanol–water partition coefficient (Wildman–Crippen LogP) is -0.718. The van der Waals surface area contributed by atoms with Gasteiger partial charge in [-0.05, 0) is 24.3 Å². The van der Waals surface area contributed by atoms with Crippen LogP contribution >= 0.6 is 0 Å². The Bertz CT molecular complexity index is 525. The number of carbonyl (C=O) groups is 3. The molecule has 0 fully saturated rings. The number of aliphatic hydroxyl groups excluding tert-OH is 4. The number of benzene rings is 1. The molecule has 0 aromatic heterocycles. The smallest absolute Gasteiger partial charge is 0.335 e. The summed E-state index contributed by atoms with van der Waals surface area (Å²) >= 11 is 0. The fourth-order valence-corrected chi connectivity index (χ4v) is 1.06. The lowest BCUT2D eigenvalue weighted by atomic mass is 9.93. The topological polar surface area (TPSA) is 193 Å². The van der Waals surface area contributed by atoms with Gasteiger partial charge in [0.15, 0.2) is 0 Å². The summed E-state index contributed by atoms with van der Waals surface area (Å²) in [4.78, 5) is 29.9. The predicted molar refractivity (Wildman–Crippen MR) is 89.0 cm³/mol. The van der Waals surface area contributed by atoms with Crippen LogP contribution in [0, 0.1) is 5.41 Å². The monoisotopic (exact) mass is 374 g/mol. The van der Waals surface area contributed by atoms with Crippen molar-refractivity contribution in [2.24, 2.45) is 5.41 Å². The lowest BCUT2D eigenvalue weighted by Crippen LogP contribution is -2.37. The molecule has 0 radical (unpaired) electrons. The van der Waals surface area contributed by atoms with Crippen LogP contribution in [0.1, 0.15) is 20.7 Å². The number of hydrogen-bond donors (Lipinski definition) is 7. The Morgan fingerprint density at radius 3 is 1.08 bits per heavy atom. The maximum atomic E-state index is 10.3. The molecule has 0 aliphatic heterocycles. The summed E-state index contributed by atoms with van der Waals surface area (Å²) in [5.41, 5.74) is -0.944. The largest absolute Gasteiger partial charge is 0.478 e. The van der Waals surface area contributed by atoms with Crippen molar-refractivity contribution in [3.8, 4) is 0 Å². The fourth-order valence-electron chi connectivity index (χ4n) is 1.06. The molecule has 10 nitrogen and oxygen atoms in total. The Labute approximate surface area is 148 Å². The van der Waals surface area contributed by atoms with Gasteiger partial charge in [-0.25, -0.2) is 14.4 Å². The zero-order chi connectivity index (χ0) is 20.8. The molecular formula is C16H22O10. The zero-order valence-electron chi connectivity index (χ0n) is 13.8. The van der Waals surface area contributed by atoms with Crippen molar-refractivity contribution >= 4 is 17.9 Å². The highest BCUT2D eigenvalue weighted by Gasteiger charge is 2.26. The van der Waals surface area contributed by atoms with Gasteiger partial charge < -0.3 is 35.7 Å². The molecule has 26 heavy (non-hydrogen) atoms. The molecule has 1 aromatic rings. The molecule has 0 saturated carbocycles. The van der Waals surface area contributed by atoms with Gasteiger partial charge in [-0.3, -0.25) is 0 Å². The number of carboxylic acids is 3. The highest BCUT2D eigenvalue weighted by Crippen LogP contribution is 2.11. The van der Waals surface area contributed by atoms with Gasteiger partial charge in [-0.1, -0.05) is 6.58 Å². The Morgan fingerprint density at radius 2 is 1.00 bits per heavy atom. The normalized spacial score (nSPS) is 9.69. The van der Waals surface area contributed by atoms with E-state index in [0.29, 0.717) is 0 Å². The molecule has 1 aromatic carbocycles. The Kier molecular flexibility index (Phi) is 13.2. The fraction of sp³-hybridized carbons (Fsp3) is 0.312. The molecule has 0 spiro atoms. The third-order valence-electron chi connectivity index (χ3n) is 2.90. The first-order valence-electron chi connectivity index (χ1n) is 6.98. The van der Waals surface area contributed by atoms with E-state index < -0.39 is 49.8 Å². The second-order valence-corrected chi connectivity index (χ2v) is 4.86. The van der Waals surface area contributed by atoms with Crippen LogP contribution in [0.4, 0.5) is 0 Å². The maximum Gasteiger partial charge on any atom is 0.335 e. The first-order valence-corrected chi connectivity index (χ1v) is 6.98. The molecular weight excluding hydrogens is 352 g/mol. The van der Waals surface area contributed by atoms with Gasteiger partial charge in [-0.15, -0.1) is 0 Å². The van der Waals surface area contributed by atoms with Crippen molar-refractivity contribution in [2.45, 2.75) is 0 Å². The number of aliphatic hydroxyl groups is 4. The minimum Gasteiger partial charge on any atom is -0.478 e. The summed E-state index contributed by atoms with van der Waals surface area (Å²) in [6, 6.07) is 5.02. The van der Waals surface area contributed by atoms with Gasteiger partial charge in [0.1, 0.15) is 0 Å². The summed E-state index contributed by atoms with van der Waals surface area (Å²) in [7, 11) is 0. The summed E-state index contributed by atoms with van der Waals surface area (Å²) in [5.74, 6) is -3.11. The van der Waals surface area contributed by atoms with Crippen LogP contribution in [0.25, 0.3) is 0 Å². The van der Waals surface area contributed by atoms with Crippen LogP contribution in [-0.4, -0.2) is 80.1 Å². The third kappa shape index (κ3) is 10.2. The summed E-state index contributed by atoms with van der Waals surface area (Å²) < 4.78 is 0. The van der Waals surface area contributed by atoms with Crippen molar-refractivity contribution in [3.05, 3.63) is 48.0 Å². The van der Waals surface area contributed by atoms with E-state index in [-0.39, 0.29) is 11.1 Å². The van der Waals surface area contributed by atoms with E-state index in [2.05, 4.69) is 6.58 Å². The van der Waals surface area contributed by atoms with Crippen LogP contribution in [0.2, 0.25) is 0 Å². The van der Waals surface area contributed by atoms with E-state index in [1.807, 2.05) is 0 Å². The van der Waals surface area contributed by atoms with E-state index in [1.165, 1.54) is 24.3 Å². The van der Waals surface area contributed by atoms with Crippen LogP contribution in [-0.2, 0) is 4.79 Å². The second kappa shape index (κ2) is 13.5. The summed E-state index contributed by atoms with van der Waals surface area (Å²) in [5, 5.41) is 58.5. The number of carboxylic acid groups (broad SMARTS) is 3. The van der Waals surface area contributed by atoms with E-state index in [0.717, 1.165) is 6.08 Å². The Morgan fingerprint density at radius 1 is 0.769 bits per heavy atom. The van der Waals surface area contributed by atoms with Gasteiger partial charge in [0.05, 0.1) is 43.0 Å². The molecule has 0 atom stereocenters. The van der Waals surface area contributed by atoms with E-state index in [1.54, 1.807) is 0 Å². The second-order valence-electron chi connectivity index (χ2n) is 4.86. The van der Waals surface area contributed by atoms with Crippen LogP contribution in [0.15, 0.2) is 36.9 Å². The van der Waals surface area contributed by atoms with Crippen LogP contribution in [0.3, 0.4) is 0 Å². The first kappa shape index (κ1) is 25.5. The molecule has 7 N–H and O–H groups in total. The molecule has 0 heterocycles. The van der Waals surface area contributed by atoms with Crippen LogP contribution < -0.4 is 0 Å². The van der Waals surface area contributed by atoms with Gasteiger partial charge in [-0.2, -0.15) is 0 Å². The van der Waals surface area contributed by atoms with Crippen molar-refractivity contribution in [1.82, 2.24) is 0 Å². The molecule has 146 valence electrons. The lowest BCUT2D eigenvalue weighted by molar-refractivity contribution is -0.131. The molecule has 1 rings (SSSR count). The Hall–Kier alpha value is -2.79. The molecule has 0 saturated heterocycles. The van der Waals surface area contributed by atoms with Crippen molar-refractivity contribution in [2.75, 3.05) is 26.4 Å². The van der Waals surface area contributed by atoms with E-state index >= 15 is 0 Å². The van der Waals surface area contributed by atoms with Crippen molar-refractivity contribution < 1.29 is 50.1 Å². The number of hydrogen-bond acceptors (Lipinski definition) is 7. The summed E-state index contributed by atoms with van der Waals surface area (Å²) in [6.45, 7) is 1.34. The Balaban J connectivity index is 0. The van der Waals surface area contributed by atoms with Crippen molar-refractivity contribution in [3.63, 3.8) is 0 Å². The van der Waals surface area contributed by atoms with Gasteiger partial charge in [0.25, 0.3) is 0 Å². The van der Waals surface area contributed by atoms with Gasteiger partial charge >= 0.3 is 17.9 Å². The number of aromatic carboxylic acids is 2. The lowest BCUT2D eigenvalue weighted by Gasteiger charge is -2.23. The van der Waals surface area contributed by atoms with Crippen molar-refractivity contribution in [1.29, 1.82) is 0 Å². The number of rotatable bonds is 7. The minimum atomic E-state index is -1.11. The highest BCUT2D eigenvalue weighted by molar-refractivity contribution is 5.91. The summed E-state index contributed by atoms with van der Waals surface area (Å²) in [6.07, 6.45) is 0.833. The van der Waals surface area contributed by atoms with Gasteiger partial charge in [0.2, 0.25) is 0 Å². The quantitative estimate of drug-likeness (QED) is 0.299.